The summed E-state index contributed by atoms with van der Waals surface area (Å²) < 4.78 is 30.7. The summed E-state index contributed by atoms with van der Waals surface area (Å²) in [5, 5.41) is 0. The van der Waals surface area contributed by atoms with Crippen molar-refractivity contribution < 1.29 is 52.4 Å². The fourth-order valence-electron chi connectivity index (χ4n) is 2.46. The average molecular weight is 390 g/mol. The molecular weight excluding hydrogens is 368 g/mol. The van der Waals surface area contributed by atoms with E-state index in [-0.39, 0.29) is 0 Å². The van der Waals surface area contributed by atoms with Crippen molar-refractivity contribution in [3.63, 3.8) is 0 Å². The third-order valence-corrected chi connectivity index (χ3v) is 3.23. The lowest BCUT2D eigenvalue weighted by atomic mass is 10.1. The van der Waals surface area contributed by atoms with E-state index < -0.39 is 67.2 Å². The number of carbonyl (C=O) groups is 5. The summed E-state index contributed by atoms with van der Waals surface area (Å²) in [5.41, 5.74) is 0. The zero-order valence-electron chi connectivity index (χ0n) is 15.6. The molecule has 0 radical (unpaired) electrons. The molecule has 1 heterocycles. The maximum Gasteiger partial charge on any atom is 0.305 e. The lowest BCUT2D eigenvalue weighted by Crippen LogP contribution is -2.46. The van der Waals surface area contributed by atoms with Crippen LogP contribution in [0.3, 0.4) is 0 Å². The second-order valence-corrected chi connectivity index (χ2v) is 5.68. The predicted octanol–water partition coefficient (Wildman–Crippen LogP) is -0.367. The first-order valence-electron chi connectivity index (χ1n) is 7.99. The Kier molecular flexibility index (Phi) is 8.16. The molecule has 1 saturated heterocycles. The molecule has 1 fully saturated rings. The van der Waals surface area contributed by atoms with Crippen LogP contribution >= 0.6 is 0 Å². The maximum absolute atomic E-state index is 11.5. The molecule has 1 rings (SSSR count). The van der Waals surface area contributed by atoms with Gasteiger partial charge in [0.25, 0.3) is 0 Å². The summed E-state index contributed by atoms with van der Waals surface area (Å²) >= 11 is 0. The van der Waals surface area contributed by atoms with Gasteiger partial charge in [-0.25, -0.2) is 0 Å². The van der Waals surface area contributed by atoms with Crippen LogP contribution in [0, 0.1) is 0 Å². The average Bonchev–Trinajstić information content (AvgIpc) is 2.79. The molecule has 0 aliphatic carbocycles. The minimum Gasteiger partial charge on any atom is -0.462 e. The van der Waals surface area contributed by atoms with Gasteiger partial charge in [0.1, 0.15) is 12.7 Å². The van der Waals surface area contributed by atoms with Crippen LogP contribution in [0.4, 0.5) is 0 Å². The zero-order valence-corrected chi connectivity index (χ0v) is 15.6. The lowest BCUT2D eigenvalue weighted by Gasteiger charge is -2.27. The smallest absolute Gasteiger partial charge is 0.305 e. The lowest BCUT2D eigenvalue weighted by molar-refractivity contribution is -0.203. The topological polar surface area (TPSA) is 141 Å². The fraction of sp³-hybridized carbons (Fsp3) is 0.688. The second-order valence-electron chi connectivity index (χ2n) is 5.68. The van der Waals surface area contributed by atoms with Gasteiger partial charge in [0.15, 0.2) is 12.2 Å². The van der Waals surface area contributed by atoms with E-state index >= 15 is 0 Å². The van der Waals surface area contributed by atoms with E-state index in [1.54, 1.807) is 0 Å². The van der Waals surface area contributed by atoms with E-state index in [9.17, 15) is 24.0 Å². The van der Waals surface area contributed by atoms with E-state index in [0.717, 1.165) is 34.6 Å². The minimum atomic E-state index is -1.42. The number of carbonyl (C=O) groups excluding carboxylic acids is 5. The SMILES string of the molecule is CC(=O)OC[C@@H](OC(C)=O)[C@H]1OC(OC(C)=O)[C@H](OC(C)=O)[C@@H]1OC(C)=O. The van der Waals surface area contributed by atoms with Crippen molar-refractivity contribution in [2.75, 3.05) is 6.61 Å². The Morgan fingerprint density at radius 2 is 1.26 bits per heavy atom. The van der Waals surface area contributed by atoms with Gasteiger partial charge in [0.2, 0.25) is 12.4 Å². The molecule has 27 heavy (non-hydrogen) atoms. The molecule has 0 saturated carbocycles. The van der Waals surface area contributed by atoms with Gasteiger partial charge >= 0.3 is 29.8 Å². The van der Waals surface area contributed by atoms with Crippen LogP contribution in [-0.4, -0.2) is 67.2 Å². The van der Waals surface area contributed by atoms with E-state index in [4.69, 9.17) is 28.4 Å². The van der Waals surface area contributed by atoms with Crippen molar-refractivity contribution in [1.29, 1.82) is 0 Å². The van der Waals surface area contributed by atoms with Crippen molar-refractivity contribution in [2.45, 2.75) is 65.3 Å². The molecule has 0 N–H and O–H groups in total. The highest BCUT2D eigenvalue weighted by molar-refractivity contribution is 5.69. The Morgan fingerprint density at radius 3 is 1.70 bits per heavy atom. The molecule has 0 aromatic heterocycles. The molecule has 0 spiro atoms. The molecule has 11 nitrogen and oxygen atoms in total. The maximum atomic E-state index is 11.5. The Balaban J connectivity index is 3.20. The van der Waals surface area contributed by atoms with E-state index in [1.165, 1.54) is 0 Å². The van der Waals surface area contributed by atoms with E-state index in [2.05, 4.69) is 0 Å². The van der Waals surface area contributed by atoms with Crippen LogP contribution < -0.4 is 0 Å². The van der Waals surface area contributed by atoms with Gasteiger partial charge in [-0.1, -0.05) is 0 Å². The van der Waals surface area contributed by atoms with Gasteiger partial charge in [-0.3, -0.25) is 24.0 Å². The van der Waals surface area contributed by atoms with Crippen LogP contribution in [-0.2, 0) is 52.4 Å². The molecule has 1 aliphatic heterocycles. The van der Waals surface area contributed by atoms with Crippen LogP contribution in [0.15, 0.2) is 0 Å². The highest BCUT2D eigenvalue weighted by atomic mass is 16.8. The van der Waals surface area contributed by atoms with Gasteiger partial charge in [-0.15, -0.1) is 0 Å². The molecular formula is C16H22O11. The summed E-state index contributed by atoms with van der Waals surface area (Å²) in [7, 11) is 0. The Hall–Kier alpha value is -2.69. The summed E-state index contributed by atoms with van der Waals surface area (Å²) in [6.45, 7) is 5.15. The molecule has 1 unspecified atom stereocenters. The first-order chi connectivity index (χ1) is 12.5. The van der Waals surface area contributed by atoms with Crippen molar-refractivity contribution in [2.24, 2.45) is 0 Å². The van der Waals surface area contributed by atoms with Crippen LogP contribution in [0.2, 0.25) is 0 Å². The number of ether oxygens (including phenoxy) is 6. The van der Waals surface area contributed by atoms with Crippen molar-refractivity contribution in [1.82, 2.24) is 0 Å². The van der Waals surface area contributed by atoms with Crippen molar-refractivity contribution >= 4 is 29.8 Å². The molecule has 0 aromatic carbocycles. The standard InChI is InChI=1S/C16H22O11/c1-7(17)22-6-12(23-8(2)18)13-14(24-9(3)19)15(25-10(4)20)16(27-13)26-11(5)21/h12-16H,6H2,1-5H3/t12-,13-,14-,15-,16?/m1/s1. The summed E-state index contributed by atoms with van der Waals surface area (Å²) in [6.07, 6.45) is -6.46. The van der Waals surface area contributed by atoms with Crippen LogP contribution in [0.1, 0.15) is 34.6 Å². The highest BCUT2D eigenvalue weighted by Gasteiger charge is 2.55. The van der Waals surface area contributed by atoms with Crippen LogP contribution in [0.25, 0.3) is 0 Å². The zero-order chi connectivity index (χ0) is 20.7. The molecule has 0 aromatic rings. The predicted molar refractivity (Wildman–Crippen MR) is 83.7 cm³/mol. The van der Waals surface area contributed by atoms with Gasteiger partial charge in [-0.2, -0.15) is 0 Å². The van der Waals surface area contributed by atoms with Crippen molar-refractivity contribution in [3.05, 3.63) is 0 Å². The summed E-state index contributed by atoms with van der Waals surface area (Å²) in [6, 6.07) is 0. The number of esters is 5. The first-order valence-corrected chi connectivity index (χ1v) is 7.99. The third kappa shape index (κ3) is 7.21. The van der Waals surface area contributed by atoms with Crippen molar-refractivity contribution in [3.8, 4) is 0 Å². The monoisotopic (exact) mass is 390 g/mol. The third-order valence-electron chi connectivity index (χ3n) is 3.23. The largest absolute Gasteiger partial charge is 0.462 e. The molecule has 1 aliphatic rings. The Morgan fingerprint density at radius 1 is 0.741 bits per heavy atom. The molecule has 152 valence electrons. The van der Waals surface area contributed by atoms with Gasteiger partial charge < -0.3 is 28.4 Å². The van der Waals surface area contributed by atoms with Gasteiger partial charge in [-0.05, 0) is 0 Å². The van der Waals surface area contributed by atoms with Gasteiger partial charge in [0.05, 0.1) is 0 Å². The first kappa shape index (κ1) is 22.4. The number of rotatable bonds is 7. The Bertz CT molecular complexity index is 599. The highest BCUT2D eigenvalue weighted by Crippen LogP contribution is 2.31. The Labute approximate surface area is 155 Å². The van der Waals surface area contributed by atoms with E-state index in [0.29, 0.717) is 0 Å². The fourth-order valence-corrected chi connectivity index (χ4v) is 2.46. The number of hydrogen-bond acceptors (Lipinski definition) is 11. The van der Waals surface area contributed by atoms with E-state index in [1.807, 2.05) is 0 Å². The summed E-state index contributed by atoms with van der Waals surface area (Å²) in [4.78, 5) is 56.7. The molecule has 0 amide bonds. The van der Waals surface area contributed by atoms with Crippen LogP contribution in [0.5, 0.6) is 0 Å². The number of hydrogen-bond donors (Lipinski definition) is 0. The normalized spacial score (nSPS) is 25.1. The molecule has 0 bridgehead atoms. The minimum absolute atomic E-state index is 0.420. The quantitative estimate of drug-likeness (QED) is 0.415. The second kappa shape index (κ2) is 9.86. The molecule has 11 heteroatoms. The van der Waals surface area contributed by atoms with Gasteiger partial charge in [0, 0.05) is 34.6 Å². The summed E-state index contributed by atoms with van der Waals surface area (Å²) in [5.74, 6) is -3.62. The molecule has 5 atom stereocenters.